The predicted octanol–water partition coefficient (Wildman–Crippen LogP) is 1.29. The molecule has 0 aliphatic heterocycles. The lowest BCUT2D eigenvalue weighted by molar-refractivity contribution is 0.603. The molecular formula is C8H13NO2S. The highest BCUT2D eigenvalue weighted by atomic mass is 32.2. The van der Waals surface area contributed by atoms with Gasteiger partial charge in [-0.05, 0) is 25.3 Å². The Morgan fingerprint density at radius 3 is 2.67 bits per heavy atom. The van der Waals surface area contributed by atoms with Gasteiger partial charge in [-0.25, -0.2) is 13.6 Å². The Kier molecular flexibility index (Phi) is 2.69. The largest absolute Gasteiger partial charge is 0.237 e. The first-order valence-corrected chi connectivity index (χ1v) is 5.51. The van der Waals surface area contributed by atoms with Gasteiger partial charge < -0.3 is 0 Å². The predicted molar refractivity (Wildman–Crippen MR) is 48.8 cm³/mol. The first-order valence-electron chi connectivity index (χ1n) is 3.97. The van der Waals surface area contributed by atoms with Crippen molar-refractivity contribution in [2.24, 2.45) is 5.14 Å². The standard InChI is InChI=1S/C8H13NO2S/c1-2-7-5-3-4-6-8(7)12(9,10)11/h4,6H,2-3,5H2,1H3,(H2,9,10,11). The molecule has 0 saturated carbocycles. The van der Waals surface area contributed by atoms with Gasteiger partial charge >= 0.3 is 0 Å². The maximum atomic E-state index is 11.0. The van der Waals surface area contributed by atoms with Crippen LogP contribution in [0.25, 0.3) is 0 Å². The number of rotatable bonds is 2. The lowest BCUT2D eigenvalue weighted by atomic mass is 10.0. The molecule has 0 fully saturated rings. The molecule has 0 unspecified atom stereocenters. The average molecular weight is 187 g/mol. The Morgan fingerprint density at radius 2 is 2.25 bits per heavy atom. The Labute approximate surface area is 73.0 Å². The molecule has 3 nitrogen and oxygen atoms in total. The van der Waals surface area contributed by atoms with Crippen molar-refractivity contribution >= 4 is 10.0 Å². The minimum absolute atomic E-state index is 0.316. The van der Waals surface area contributed by atoms with Crippen molar-refractivity contribution in [3.05, 3.63) is 22.6 Å². The molecule has 0 bridgehead atoms. The number of allylic oxidation sites excluding steroid dienone is 3. The fourth-order valence-electron chi connectivity index (χ4n) is 1.34. The van der Waals surface area contributed by atoms with Crippen LogP contribution >= 0.6 is 0 Å². The van der Waals surface area contributed by atoms with E-state index in [9.17, 15) is 8.42 Å². The molecule has 0 aromatic carbocycles. The van der Waals surface area contributed by atoms with Gasteiger partial charge in [-0.3, -0.25) is 0 Å². The number of nitrogens with two attached hydrogens (primary N) is 1. The zero-order valence-electron chi connectivity index (χ0n) is 7.08. The zero-order valence-corrected chi connectivity index (χ0v) is 7.89. The van der Waals surface area contributed by atoms with Gasteiger partial charge in [-0.2, -0.15) is 0 Å². The smallest absolute Gasteiger partial charge is 0.225 e. The first-order chi connectivity index (χ1) is 5.55. The van der Waals surface area contributed by atoms with E-state index >= 15 is 0 Å². The summed E-state index contributed by atoms with van der Waals surface area (Å²) in [5.41, 5.74) is 0.944. The van der Waals surface area contributed by atoms with Crippen molar-refractivity contribution in [2.45, 2.75) is 26.2 Å². The molecule has 1 aliphatic rings. The quantitative estimate of drug-likeness (QED) is 0.708. The van der Waals surface area contributed by atoms with Gasteiger partial charge in [0.2, 0.25) is 10.0 Å². The van der Waals surface area contributed by atoms with E-state index in [2.05, 4.69) is 0 Å². The second-order valence-electron chi connectivity index (χ2n) is 2.81. The number of hydrogen-bond acceptors (Lipinski definition) is 2. The fourth-order valence-corrected chi connectivity index (χ4v) is 2.27. The molecule has 0 aromatic rings. The summed E-state index contributed by atoms with van der Waals surface area (Å²) in [7, 11) is -3.49. The maximum absolute atomic E-state index is 11.0. The van der Waals surface area contributed by atoms with Gasteiger partial charge in [-0.1, -0.05) is 18.6 Å². The molecular weight excluding hydrogens is 174 g/mol. The van der Waals surface area contributed by atoms with Crippen molar-refractivity contribution in [2.75, 3.05) is 0 Å². The third-order valence-electron chi connectivity index (χ3n) is 1.96. The molecule has 0 aromatic heterocycles. The summed E-state index contributed by atoms with van der Waals surface area (Å²) in [6.45, 7) is 1.94. The molecule has 4 heteroatoms. The molecule has 0 saturated heterocycles. The lowest BCUT2D eigenvalue weighted by Gasteiger charge is -2.12. The van der Waals surface area contributed by atoms with E-state index in [-0.39, 0.29) is 0 Å². The molecule has 0 amide bonds. The van der Waals surface area contributed by atoms with E-state index in [0.29, 0.717) is 4.91 Å². The highest BCUT2D eigenvalue weighted by Crippen LogP contribution is 2.23. The maximum Gasteiger partial charge on any atom is 0.237 e. The summed E-state index contributed by atoms with van der Waals surface area (Å²) in [5.74, 6) is 0. The van der Waals surface area contributed by atoms with E-state index < -0.39 is 10.0 Å². The molecule has 0 radical (unpaired) electrons. The van der Waals surface area contributed by atoms with Crippen LogP contribution in [-0.2, 0) is 10.0 Å². The number of sulfonamides is 1. The summed E-state index contributed by atoms with van der Waals surface area (Å²) < 4.78 is 22.0. The molecule has 1 rings (SSSR count). The Balaban J connectivity index is 3.14. The molecule has 0 spiro atoms. The second-order valence-corrected chi connectivity index (χ2v) is 4.34. The minimum atomic E-state index is -3.49. The summed E-state index contributed by atoms with van der Waals surface area (Å²) in [5, 5.41) is 5.04. The van der Waals surface area contributed by atoms with Crippen molar-refractivity contribution in [3.63, 3.8) is 0 Å². The van der Waals surface area contributed by atoms with Crippen LogP contribution in [-0.4, -0.2) is 8.42 Å². The third-order valence-corrected chi connectivity index (χ3v) is 3.00. The Bertz CT molecular complexity index is 325. The van der Waals surface area contributed by atoms with Crippen molar-refractivity contribution in [1.29, 1.82) is 0 Å². The minimum Gasteiger partial charge on any atom is -0.225 e. The van der Waals surface area contributed by atoms with E-state index in [1.54, 1.807) is 6.08 Å². The van der Waals surface area contributed by atoms with E-state index in [4.69, 9.17) is 5.14 Å². The van der Waals surface area contributed by atoms with Crippen LogP contribution in [0, 0.1) is 0 Å². The van der Waals surface area contributed by atoms with Crippen molar-refractivity contribution in [3.8, 4) is 0 Å². The van der Waals surface area contributed by atoms with Gasteiger partial charge in [0.1, 0.15) is 0 Å². The zero-order chi connectivity index (χ0) is 9.19. The van der Waals surface area contributed by atoms with Crippen molar-refractivity contribution < 1.29 is 8.42 Å². The van der Waals surface area contributed by atoms with E-state index in [0.717, 1.165) is 24.8 Å². The van der Waals surface area contributed by atoms with Gasteiger partial charge in [0, 0.05) is 0 Å². The molecule has 2 N–H and O–H groups in total. The van der Waals surface area contributed by atoms with Crippen LogP contribution in [0.4, 0.5) is 0 Å². The molecule has 12 heavy (non-hydrogen) atoms. The first kappa shape index (κ1) is 9.48. The highest BCUT2D eigenvalue weighted by molar-refractivity contribution is 7.93. The summed E-state index contributed by atoms with van der Waals surface area (Å²) in [6, 6.07) is 0. The number of hydrogen-bond donors (Lipinski definition) is 1. The lowest BCUT2D eigenvalue weighted by Crippen LogP contribution is -2.16. The molecule has 0 atom stereocenters. The van der Waals surface area contributed by atoms with Crippen LogP contribution in [0.5, 0.6) is 0 Å². The highest BCUT2D eigenvalue weighted by Gasteiger charge is 2.15. The van der Waals surface area contributed by atoms with E-state index in [1.807, 2.05) is 13.0 Å². The van der Waals surface area contributed by atoms with Gasteiger partial charge in [0.25, 0.3) is 0 Å². The Hall–Kier alpha value is -0.610. The Morgan fingerprint density at radius 1 is 1.58 bits per heavy atom. The molecule has 68 valence electrons. The van der Waals surface area contributed by atoms with Crippen LogP contribution in [0.3, 0.4) is 0 Å². The third kappa shape index (κ3) is 1.95. The van der Waals surface area contributed by atoms with Gasteiger partial charge in [0.05, 0.1) is 4.91 Å². The topological polar surface area (TPSA) is 60.2 Å². The monoisotopic (exact) mass is 187 g/mol. The molecule has 0 heterocycles. The summed E-state index contributed by atoms with van der Waals surface area (Å²) in [6.07, 6.45) is 5.95. The average Bonchev–Trinajstić information content (AvgIpc) is 2.03. The summed E-state index contributed by atoms with van der Waals surface area (Å²) >= 11 is 0. The fraction of sp³-hybridized carbons (Fsp3) is 0.500. The van der Waals surface area contributed by atoms with Crippen LogP contribution in [0.1, 0.15) is 26.2 Å². The van der Waals surface area contributed by atoms with Crippen LogP contribution in [0.15, 0.2) is 22.6 Å². The SMILES string of the molecule is CCC1=C(S(N)(=O)=O)C=CCC1. The van der Waals surface area contributed by atoms with Gasteiger partial charge in [-0.15, -0.1) is 0 Å². The summed E-state index contributed by atoms with van der Waals surface area (Å²) in [4.78, 5) is 0.316. The number of primary sulfonamides is 1. The molecule has 1 aliphatic carbocycles. The van der Waals surface area contributed by atoms with E-state index in [1.165, 1.54) is 0 Å². The second kappa shape index (κ2) is 3.41. The van der Waals surface area contributed by atoms with Crippen LogP contribution in [0.2, 0.25) is 0 Å². The normalized spacial score (nSPS) is 18.5. The van der Waals surface area contributed by atoms with Crippen LogP contribution < -0.4 is 5.14 Å². The van der Waals surface area contributed by atoms with Gasteiger partial charge in [0.15, 0.2) is 0 Å². The van der Waals surface area contributed by atoms with Crippen molar-refractivity contribution in [1.82, 2.24) is 0 Å².